The van der Waals surface area contributed by atoms with Gasteiger partial charge in [0.2, 0.25) is 0 Å². The molecule has 0 fully saturated rings. The second-order valence-electron chi connectivity index (χ2n) is 5.24. The fourth-order valence-electron chi connectivity index (χ4n) is 2.56. The van der Waals surface area contributed by atoms with Gasteiger partial charge < -0.3 is 15.0 Å². The largest absolute Gasteiger partial charge is 0.454 e. The number of anilines is 1. The third-order valence-electron chi connectivity index (χ3n) is 3.86. The fourth-order valence-corrected chi connectivity index (χ4v) is 2.56. The molecule has 0 spiro atoms. The number of nitrogens with zero attached hydrogens (tertiary/aromatic N) is 3. The summed E-state index contributed by atoms with van der Waals surface area (Å²) in [5, 5.41) is 8.26. The molecule has 3 rings (SSSR count). The Labute approximate surface area is 122 Å². The fraction of sp³-hybridized carbons (Fsp3) is 0.400. The van der Waals surface area contributed by atoms with Crippen molar-refractivity contribution in [1.82, 2.24) is 14.8 Å². The second-order valence-corrected chi connectivity index (χ2v) is 5.24. The summed E-state index contributed by atoms with van der Waals surface area (Å²) in [6, 6.07) is 5.23. The van der Waals surface area contributed by atoms with Crippen LogP contribution in [-0.2, 0) is 24.3 Å². The summed E-state index contributed by atoms with van der Waals surface area (Å²) in [5.41, 5.74) is 7.63. The minimum atomic E-state index is -0.382. The maximum atomic E-state index is 12.1. The SMILES string of the molecule is Cc1c(N)cccc1C(=O)OCc1nnc2n1CCCC2. The van der Waals surface area contributed by atoms with Crippen molar-refractivity contribution in [2.75, 3.05) is 5.73 Å². The second kappa shape index (κ2) is 5.55. The monoisotopic (exact) mass is 286 g/mol. The summed E-state index contributed by atoms with van der Waals surface area (Å²) in [7, 11) is 0. The Morgan fingerprint density at radius 3 is 3.10 bits per heavy atom. The zero-order valence-electron chi connectivity index (χ0n) is 12.0. The molecule has 2 N–H and O–H groups in total. The summed E-state index contributed by atoms with van der Waals surface area (Å²) >= 11 is 0. The van der Waals surface area contributed by atoms with E-state index in [2.05, 4.69) is 10.2 Å². The van der Waals surface area contributed by atoms with E-state index in [1.807, 2.05) is 11.5 Å². The minimum Gasteiger partial charge on any atom is -0.454 e. The van der Waals surface area contributed by atoms with Crippen molar-refractivity contribution in [2.24, 2.45) is 0 Å². The summed E-state index contributed by atoms with van der Waals surface area (Å²) in [6.45, 7) is 2.84. The number of nitrogen functional groups attached to an aromatic ring is 1. The van der Waals surface area contributed by atoms with Gasteiger partial charge in [-0.15, -0.1) is 10.2 Å². The standard InChI is InChI=1S/C15H18N4O2/c1-10-11(5-4-6-12(10)16)15(20)21-9-14-18-17-13-7-2-3-8-19(13)14/h4-6H,2-3,7-9,16H2,1H3. The quantitative estimate of drug-likeness (QED) is 0.688. The van der Waals surface area contributed by atoms with Crippen molar-refractivity contribution in [3.05, 3.63) is 41.0 Å². The van der Waals surface area contributed by atoms with Crippen LogP contribution in [0.4, 0.5) is 5.69 Å². The number of ether oxygens (including phenoxy) is 1. The lowest BCUT2D eigenvalue weighted by atomic mass is 10.1. The van der Waals surface area contributed by atoms with Crippen LogP contribution in [0.1, 0.15) is 40.4 Å². The highest BCUT2D eigenvalue weighted by molar-refractivity contribution is 5.92. The average molecular weight is 286 g/mol. The molecule has 21 heavy (non-hydrogen) atoms. The van der Waals surface area contributed by atoms with Crippen molar-refractivity contribution >= 4 is 11.7 Å². The van der Waals surface area contributed by atoms with Crippen LogP contribution >= 0.6 is 0 Å². The van der Waals surface area contributed by atoms with E-state index in [0.717, 1.165) is 37.2 Å². The molecule has 0 saturated carbocycles. The molecule has 0 amide bonds. The number of aromatic nitrogens is 3. The summed E-state index contributed by atoms with van der Waals surface area (Å²) < 4.78 is 7.40. The van der Waals surface area contributed by atoms with Crippen LogP contribution in [0.3, 0.4) is 0 Å². The predicted molar refractivity (Wildman–Crippen MR) is 77.7 cm³/mol. The lowest BCUT2D eigenvalue weighted by molar-refractivity contribution is 0.0456. The maximum absolute atomic E-state index is 12.1. The number of aryl methyl sites for hydroxylation is 1. The molecule has 6 nitrogen and oxygen atoms in total. The van der Waals surface area contributed by atoms with Crippen molar-refractivity contribution < 1.29 is 9.53 Å². The molecule has 1 aliphatic heterocycles. The molecule has 0 atom stereocenters. The molecule has 2 heterocycles. The highest BCUT2D eigenvalue weighted by Crippen LogP contribution is 2.18. The molecule has 0 aliphatic carbocycles. The van der Waals surface area contributed by atoms with Crippen molar-refractivity contribution in [2.45, 2.75) is 39.3 Å². The number of benzene rings is 1. The zero-order chi connectivity index (χ0) is 14.8. The molecule has 6 heteroatoms. The van der Waals surface area contributed by atoms with E-state index >= 15 is 0 Å². The van der Waals surface area contributed by atoms with E-state index in [9.17, 15) is 4.79 Å². The van der Waals surface area contributed by atoms with Gasteiger partial charge in [0.15, 0.2) is 12.4 Å². The van der Waals surface area contributed by atoms with Gasteiger partial charge in [-0.05, 0) is 37.5 Å². The van der Waals surface area contributed by atoms with Gasteiger partial charge in [-0.3, -0.25) is 0 Å². The first-order chi connectivity index (χ1) is 10.2. The van der Waals surface area contributed by atoms with Crippen molar-refractivity contribution in [3.8, 4) is 0 Å². The Morgan fingerprint density at radius 2 is 2.24 bits per heavy atom. The van der Waals surface area contributed by atoms with E-state index in [-0.39, 0.29) is 12.6 Å². The number of hydrogen-bond acceptors (Lipinski definition) is 5. The van der Waals surface area contributed by atoms with E-state index in [1.165, 1.54) is 0 Å². The third kappa shape index (κ3) is 2.61. The maximum Gasteiger partial charge on any atom is 0.338 e. The number of nitrogens with two attached hydrogens (primary N) is 1. The number of carbonyl (C=O) groups is 1. The van der Waals surface area contributed by atoms with Crippen LogP contribution < -0.4 is 5.73 Å². The topological polar surface area (TPSA) is 83.0 Å². The van der Waals surface area contributed by atoms with E-state index in [4.69, 9.17) is 10.5 Å². The molecular formula is C15H18N4O2. The third-order valence-corrected chi connectivity index (χ3v) is 3.86. The zero-order valence-corrected chi connectivity index (χ0v) is 12.0. The molecule has 0 bridgehead atoms. The van der Waals surface area contributed by atoms with Crippen LogP contribution in [0.5, 0.6) is 0 Å². The normalized spacial score (nSPS) is 13.8. The van der Waals surface area contributed by atoms with Gasteiger partial charge in [-0.2, -0.15) is 0 Å². The van der Waals surface area contributed by atoms with Crippen LogP contribution in [0.15, 0.2) is 18.2 Å². The van der Waals surface area contributed by atoms with Crippen LogP contribution in [0, 0.1) is 6.92 Å². The number of rotatable bonds is 3. The Bertz CT molecular complexity index is 678. The number of carbonyl (C=O) groups excluding carboxylic acids is 1. The average Bonchev–Trinajstić information content (AvgIpc) is 2.91. The molecule has 110 valence electrons. The first-order valence-corrected chi connectivity index (χ1v) is 7.10. The minimum absolute atomic E-state index is 0.139. The highest BCUT2D eigenvalue weighted by Gasteiger charge is 2.18. The Morgan fingerprint density at radius 1 is 1.38 bits per heavy atom. The number of fused-ring (bicyclic) bond motifs is 1. The first kappa shape index (κ1) is 13.6. The van der Waals surface area contributed by atoms with Gasteiger partial charge in [-0.1, -0.05) is 6.07 Å². The lowest BCUT2D eigenvalue weighted by Crippen LogP contribution is -2.15. The van der Waals surface area contributed by atoms with Gasteiger partial charge in [0, 0.05) is 18.7 Å². The Kier molecular flexibility index (Phi) is 3.60. The van der Waals surface area contributed by atoms with Gasteiger partial charge in [0.1, 0.15) is 5.82 Å². The summed E-state index contributed by atoms with van der Waals surface area (Å²) in [6.07, 6.45) is 3.19. The number of hydrogen-bond donors (Lipinski definition) is 1. The lowest BCUT2D eigenvalue weighted by Gasteiger charge is -2.14. The molecule has 0 unspecified atom stereocenters. The van der Waals surface area contributed by atoms with Gasteiger partial charge in [0.25, 0.3) is 0 Å². The first-order valence-electron chi connectivity index (χ1n) is 7.10. The summed E-state index contributed by atoms with van der Waals surface area (Å²) in [5.74, 6) is 1.31. The van der Waals surface area contributed by atoms with Crippen LogP contribution in [-0.4, -0.2) is 20.7 Å². The van der Waals surface area contributed by atoms with E-state index in [0.29, 0.717) is 17.1 Å². The molecule has 0 saturated heterocycles. The summed E-state index contributed by atoms with van der Waals surface area (Å²) in [4.78, 5) is 12.1. The van der Waals surface area contributed by atoms with Gasteiger partial charge >= 0.3 is 5.97 Å². The predicted octanol–water partition coefficient (Wildman–Crippen LogP) is 1.86. The molecular weight excluding hydrogens is 268 g/mol. The molecule has 0 radical (unpaired) electrons. The van der Waals surface area contributed by atoms with Crippen LogP contribution in [0.25, 0.3) is 0 Å². The van der Waals surface area contributed by atoms with E-state index in [1.54, 1.807) is 18.2 Å². The molecule has 1 aromatic carbocycles. The highest BCUT2D eigenvalue weighted by atomic mass is 16.5. The Hall–Kier alpha value is -2.37. The smallest absolute Gasteiger partial charge is 0.338 e. The van der Waals surface area contributed by atoms with Crippen molar-refractivity contribution in [1.29, 1.82) is 0 Å². The molecule has 1 aliphatic rings. The van der Waals surface area contributed by atoms with Crippen LogP contribution in [0.2, 0.25) is 0 Å². The Balaban J connectivity index is 1.71. The molecule has 1 aromatic heterocycles. The molecule has 2 aromatic rings. The van der Waals surface area contributed by atoms with E-state index < -0.39 is 0 Å². The number of esters is 1. The van der Waals surface area contributed by atoms with Crippen molar-refractivity contribution in [3.63, 3.8) is 0 Å². The van der Waals surface area contributed by atoms with Gasteiger partial charge in [0.05, 0.1) is 5.56 Å². The van der Waals surface area contributed by atoms with Gasteiger partial charge in [-0.25, -0.2) is 4.79 Å².